The standard InChI is InChI=1S/C54H107NO/c1-4-7-10-13-16-19-22-25-28-30-33-36-39-42-45-48-51-54(53(55)56,50-47-44-41-38-35-32-27-24-21-18-15-12-9-6-3)52-49-46-43-40-37-34-31-29-26-23-20-17-14-11-8-5-2/h27,32H,4-26,28-31,33-52H2,1-3H3,(H2,55,56)/b32-27-. The van der Waals surface area contributed by atoms with Crippen molar-refractivity contribution in [3.05, 3.63) is 12.2 Å². The molecule has 0 aromatic rings. The van der Waals surface area contributed by atoms with Gasteiger partial charge in [0, 0.05) is 5.41 Å². The third-order valence-corrected chi connectivity index (χ3v) is 13.2. The van der Waals surface area contributed by atoms with Crippen LogP contribution >= 0.6 is 0 Å². The van der Waals surface area contributed by atoms with Gasteiger partial charge in [-0.1, -0.05) is 290 Å². The SMILES string of the molecule is CCCCCCCC/C=C\CCCCCCC(CCCCCCCCCCCCCCCCCC)(CCCCCCCCCCCCCCCCCC)C(N)=O. The first-order chi connectivity index (χ1) is 27.6. The summed E-state index contributed by atoms with van der Waals surface area (Å²) in [6.45, 7) is 6.90. The Balaban J connectivity index is 4.36. The number of hydrogen-bond acceptors (Lipinski definition) is 1. The lowest BCUT2D eigenvalue weighted by Gasteiger charge is -2.31. The maximum absolute atomic E-state index is 13.2. The van der Waals surface area contributed by atoms with Crippen molar-refractivity contribution in [2.75, 3.05) is 0 Å². The van der Waals surface area contributed by atoms with Crippen LogP contribution in [0.5, 0.6) is 0 Å². The van der Waals surface area contributed by atoms with Crippen molar-refractivity contribution in [1.29, 1.82) is 0 Å². The highest BCUT2D eigenvalue weighted by Crippen LogP contribution is 2.37. The van der Waals surface area contributed by atoms with Gasteiger partial charge in [-0.05, 0) is 44.9 Å². The molecule has 2 heteroatoms. The van der Waals surface area contributed by atoms with E-state index in [4.69, 9.17) is 5.73 Å². The fourth-order valence-electron chi connectivity index (χ4n) is 9.12. The maximum Gasteiger partial charge on any atom is 0.223 e. The molecule has 0 atom stereocenters. The zero-order chi connectivity index (χ0) is 40.7. The van der Waals surface area contributed by atoms with Crippen LogP contribution in [0.2, 0.25) is 0 Å². The quantitative estimate of drug-likeness (QED) is 0.0484. The normalized spacial score (nSPS) is 12.1. The fraction of sp³-hybridized carbons (Fsp3) is 0.944. The van der Waals surface area contributed by atoms with E-state index in [0.29, 0.717) is 0 Å². The van der Waals surface area contributed by atoms with Gasteiger partial charge in [-0.3, -0.25) is 4.79 Å². The van der Waals surface area contributed by atoms with Crippen LogP contribution in [0.15, 0.2) is 12.2 Å². The highest BCUT2D eigenvalue weighted by Gasteiger charge is 2.34. The summed E-state index contributed by atoms with van der Waals surface area (Å²) in [5.41, 5.74) is 6.05. The molecule has 334 valence electrons. The van der Waals surface area contributed by atoms with Crippen LogP contribution < -0.4 is 5.73 Å². The van der Waals surface area contributed by atoms with Crippen molar-refractivity contribution in [2.45, 2.75) is 323 Å². The predicted octanol–water partition coefficient (Wildman–Crippen LogP) is 19.4. The third-order valence-electron chi connectivity index (χ3n) is 13.2. The molecule has 0 rings (SSSR count). The molecule has 0 saturated carbocycles. The Morgan fingerprint density at radius 3 is 0.679 bits per heavy atom. The minimum absolute atomic E-state index is 0.0112. The average Bonchev–Trinajstić information content (AvgIpc) is 3.20. The van der Waals surface area contributed by atoms with Crippen molar-refractivity contribution in [3.8, 4) is 0 Å². The highest BCUT2D eigenvalue weighted by molar-refractivity contribution is 5.80. The number of unbranched alkanes of at least 4 members (excludes halogenated alkanes) is 40. The number of carbonyl (C=O) groups is 1. The zero-order valence-corrected chi connectivity index (χ0v) is 39.4. The van der Waals surface area contributed by atoms with Gasteiger partial charge < -0.3 is 5.73 Å². The Kier molecular flexibility index (Phi) is 46.2. The van der Waals surface area contributed by atoms with Crippen LogP contribution in [-0.4, -0.2) is 5.91 Å². The molecule has 1 amide bonds. The predicted molar refractivity (Wildman–Crippen MR) is 255 cm³/mol. The average molecular weight is 786 g/mol. The van der Waals surface area contributed by atoms with E-state index in [0.717, 1.165) is 19.3 Å². The highest BCUT2D eigenvalue weighted by atomic mass is 16.1. The topological polar surface area (TPSA) is 43.1 Å². The van der Waals surface area contributed by atoms with E-state index >= 15 is 0 Å². The van der Waals surface area contributed by atoms with Crippen LogP contribution in [0.25, 0.3) is 0 Å². The molecule has 0 fully saturated rings. The van der Waals surface area contributed by atoms with E-state index in [1.807, 2.05) is 0 Å². The maximum atomic E-state index is 13.2. The molecule has 56 heavy (non-hydrogen) atoms. The monoisotopic (exact) mass is 786 g/mol. The number of amides is 1. The number of rotatable bonds is 49. The van der Waals surface area contributed by atoms with Gasteiger partial charge in [0.2, 0.25) is 5.91 Å². The van der Waals surface area contributed by atoms with E-state index in [9.17, 15) is 4.79 Å². The van der Waals surface area contributed by atoms with E-state index in [2.05, 4.69) is 32.9 Å². The third kappa shape index (κ3) is 40.0. The molecule has 0 spiro atoms. The summed E-state index contributed by atoms with van der Waals surface area (Å²) in [5, 5.41) is 0. The molecular formula is C54H107NO. The summed E-state index contributed by atoms with van der Waals surface area (Å²) in [6.07, 6.45) is 68.3. The van der Waals surface area contributed by atoms with Crippen molar-refractivity contribution in [1.82, 2.24) is 0 Å². The number of hydrogen-bond donors (Lipinski definition) is 1. The molecule has 0 aliphatic heterocycles. The molecule has 0 radical (unpaired) electrons. The summed E-state index contributed by atoms with van der Waals surface area (Å²) in [7, 11) is 0. The van der Waals surface area contributed by atoms with Gasteiger partial charge in [-0.25, -0.2) is 0 Å². The first kappa shape index (κ1) is 55.2. The van der Waals surface area contributed by atoms with E-state index in [1.165, 1.54) is 283 Å². The lowest BCUT2D eigenvalue weighted by Crippen LogP contribution is -2.37. The first-order valence-electron chi connectivity index (χ1n) is 26.6. The molecule has 0 saturated heterocycles. The summed E-state index contributed by atoms with van der Waals surface area (Å²) < 4.78 is 0. The minimum Gasteiger partial charge on any atom is -0.369 e. The zero-order valence-electron chi connectivity index (χ0n) is 39.4. The second-order valence-corrected chi connectivity index (χ2v) is 18.7. The van der Waals surface area contributed by atoms with Crippen molar-refractivity contribution < 1.29 is 4.79 Å². The Bertz CT molecular complexity index is 736. The Morgan fingerprint density at radius 2 is 0.482 bits per heavy atom. The van der Waals surface area contributed by atoms with Gasteiger partial charge in [-0.2, -0.15) is 0 Å². The van der Waals surface area contributed by atoms with E-state index in [-0.39, 0.29) is 11.3 Å². The van der Waals surface area contributed by atoms with Crippen molar-refractivity contribution >= 4 is 5.91 Å². The number of allylic oxidation sites excluding steroid dienone is 2. The molecule has 0 aromatic carbocycles. The molecule has 0 aliphatic carbocycles. The Labute approximate surface area is 355 Å². The first-order valence-corrected chi connectivity index (χ1v) is 26.6. The molecule has 0 aromatic heterocycles. The van der Waals surface area contributed by atoms with Crippen LogP contribution in [0, 0.1) is 5.41 Å². The van der Waals surface area contributed by atoms with E-state index < -0.39 is 0 Å². The second kappa shape index (κ2) is 46.9. The summed E-state index contributed by atoms with van der Waals surface area (Å²) >= 11 is 0. The Hall–Kier alpha value is -0.790. The van der Waals surface area contributed by atoms with Crippen LogP contribution in [0.1, 0.15) is 323 Å². The van der Waals surface area contributed by atoms with Gasteiger partial charge in [0.1, 0.15) is 0 Å². The second-order valence-electron chi connectivity index (χ2n) is 18.7. The Morgan fingerprint density at radius 1 is 0.304 bits per heavy atom. The van der Waals surface area contributed by atoms with Gasteiger partial charge >= 0.3 is 0 Å². The smallest absolute Gasteiger partial charge is 0.223 e. The van der Waals surface area contributed by atoms with E-state index in [1.54, 1.807) is 0 Å². The molecule has 2 N–H and O–H groups in total. The molecule has 2 nitrogen and oxygen atoms in total. The van der Waals surface area contributed by atoms with Gasteiger partial charge in [-0.15, -0.1) is 0 Å². The van der Waals surface area contributed by atoms with Gasteiger partial charge in [0.25, 0.3) is 0 Å². The molecule has 0 unspecified atom stereocenters. The molecular weight excluding hydrogens is 679 g/mol. The lowest BCUT2D eigenvalue weighted by molar-refractivity contribution is -0.129. The summed E-state index contributed by atoms with van der Waals surface area (Å²) in [5.74, 6) is 0.0112. The lowest BCUT2D eigenvalue weighted by atomic mass is 9.73. The van der Waals surface area contributed by atoms with Crippen molar-refractivity contribution in [3.63, 3.8) is 0 Å². The van der Waals surface area contributed by atoms with Crippen LogP contribution in [0.3, 0.4) is 0 Å². The van der Waals surface area contributed by atoms with Crippen LogP contribution in [0.4, 0.5) is 0 Å². The van der Waals surface area contributed by atoms with Crippen LogP contribution in [-0.2, 0) is 4.79 Å². The van der Waals surface area contributed by atoms with Crippen molar-refractivity contribution in [2.24, 2.45) is 11.1 Å². The summed E-state index contributed by atoms with van der Waals surface area (Å²) in [6, 6.07) is 0. The molecule has 0 heterocycles. The fourth-order valence-corrected chi connectivity index (χ4v) is 9.12. The molecule has 0 aliphatic rings. The number of carbonyl (C=O) groups excluding carboxylic acids is 1. The largest absolute Gasteiger partial charge is 0.369 e. The van der Waals surface area contributed by atoms with Gasteiger partial charge in [0.05, 0.1) is 0 Å². The van der Waals surface area contributed by atoms with Gasteiger partial charge in [0.15, 0.2) is 0 Å². The number of nitrogens with two attached hydrogens (primary N) is 1. The summed E-state index contributed by atoms with van der Waals surface area (Å²) in [4.78, 5) is 13.2. The number of primary amides is 1. The minimum atomic E-state index is -0.261. The molecule has 0 bridgehead atoms.